The van der Waals surface area contributed by atoms with Crippen molar-refractivity contribution in [1.82, 2.24) is 15.1 Å². The third-order valence-corrected chi connectivity index (χ3v) is 6.40. The van der Waals surface area contributed by atoms with E-state index in [0.717, 1.165) is 45.2 Å². The normalized spacial score (nSPS) is 29.1. The first-order valence-corrected chi connectivity index (χ1v) is 10.3. The molecule has 23 heavy (non-hydrogen) atoms. The van der Waals surface area contributed by atoms with Crippen molar-refractivity contribution in [3.63, 3.8) is 0 Å². The standard InChI is InChI=1S/C17H29N3O2S/c1-23-15-5-2-4-14(12-15)18-17(22)20-9-3-8-19(10-11-20)16(21)13-6-7-13/h13-15H,2-12H2,1H3,(H,18,22)/t14-,15+/m0/s1. The van der Waals surface area contributed by atoms with Gasteiger partial charge < -0.3 is 15.1 Å². The number of nitrogens with zero attached hydrogens (tertiary/aromatic N) is 2. The van der Waals surface area contributed by atoms with Gasteiger partial charge in [-0.25, -0.2) is 4.79 Å². The lowest BCUT2D eigenvalue weighted by Crippen LogP contribution is -2.48. The van der Waals surface area contributed by atoms with Crippen molar-refractivity contribution in [2.24, 2.45) is 5.92 Å². The van der Waals surface area contributed by atoms with Crippen molar-refractivity contribution in [3.8, 4) is 0 Å². The van der Waals surface area contributed by atoms with Gasteiger partial charge in [-0.05, 0) is 44.8 Å². The first-order chi connectivity index (χ1) is 11.2. The van der Waals surface area contributed by atoms with Crippen LogP contribution in [0.4, 0.5) is 4.79 Å². The summed E-state index contributed by atoms with van der Waals surface area (Å²) >= 11 is 1.92. The Labute approximate surface area is 143 Å². The SMILES string of the molecule is CS[C@@H]1CCC[C@H](NC(=O)N2CCCN(C(=O)C3CC3)CC2)C1. The maximum atomic E-state index is 12.5. The Morgan fingerprint density at radius 2 is 1.70 bits per heavy atom. The molecule has 1 saturated heterocycles. The number of urea groups is 1. The zero-order valence-corrected chi connectivity index (χ0v) is 14.9. The van der Waals surface area contributed by atoms with Crippen molar-refractivity contribution in [3.05, 3.63) is 0 Å². The number of thioether (sulfide) groups is 1. The van der Waals surface area contributed by atoms with E-state index in [0.29, 0.717) is 30.3 Å². The molecule has 0 bridgehead atoms. The van der Waals surface area contributed by atoms with Crippen LogP contribution in [0.5, 0.6) is 0 Å². The molecule has 0 aromatic heterocycles. The summed E-state index contributed by atoms with van der Waals surface area (Å²) in [7, 11) is 0. The number of carbonyl (C=O) groups excluding carboxylic acids is 2. The van der Waals surface area contributed by atoms with E-state index in [1.807, 2.05) is 21.6 Å². The van der Waals surface area contributed by atoms with E-state index in [-0.39, 0.29) is 11.9 Å². The predicted octanol–water partition coefficient (Wildman–Crippen LogP) is 2.31. The van der Waals surface area contributed by atoms with Crippen LogP contribution in [-0.2, 0) is 4.79 Å². The van der Waals surface area contributed by atoms with E-state index in [9.17, 15) is 9.59 Å². The van der Waals surface area contributed by atoms with Gasteiger partial charge in [0.25, 0.3) is 0 Å². The average Bonchev–Trinajstić information content (AvgIpc) is 3.40. The summed E-state index contributed by atoms with van der Waals surface area (Å²) in [5, 5.41) is 3.92. The van der Waals surface area contributed by atoms with E-state index in [1.165, 1.54) is 12.8 Å². The highest BCUT2D eigenvalue weighted by Gasteiger charge is 2.34. The summed E-state index contributed by atoms with van der Waals surface area (Å²) in [5.74, 6) is 0.587. The van der Waals surface area contributed by atoms with Crippen molar-refractivity contribution in [2.75, 3.05) is 32.4 Å². The molecule has 0 spiro atoms. The molecule has 2 atom stereocenters. The van der Waals surface area contributed by atoms with Crippen LogP contribution in [0.1, 0.15) is 44.9 Å². The zero-order valence-electron chi connectivity index (χ0n) is 14.1. The zero-order chi connectivity index (χ0) is 16.2. The predicted molar refractivity (Wildman–Crippen MR) is 93.6 cm³/mol. The Balaban J connectivity index is 1.46. The number of nitrogens with one attached hydrogen (secondary N) is 1. The first-order valence-electron chi connectivity index (χ1n) is 9.04. The summed E-state index contributed by atoms with van der Waals surface area (Å²) in [5.41, 5.74) is 0. The fourth-order valence-electron chi connectivity index (χ4n) is 3.69. The number of hydrogen-bond acceptors (Lipinski definition) is 3. The third-order valence-electron chi connectivity index (χ3n) is 5.31. The van der Waals surface area contributed by atoms with Crippen LogP contribution < -0.4 is 5.32 Å². The minimum atomic E-state index is 0.0671. The monoisotopic (exact) mass is 339 g/mol. The topological polar surface area (TPSA) is 52.7 Å². The molecule has 2 aliphatic carbocycles. The first kappa shape index (κ1) is 16.9. The molecule has 3 aliphatic rings. The van der Waals surface area contributed by atoms with E-state index >= 15 is 0 Å². The Kier molecular flexibility index (Phi) is 5.72. The molecular formula is C17H29N3O2S. The van der Waals surface area contributed by atoms with Crippen molar-refractivity contribution in [1.29, 1.82) is 0 Å². The van der Waals surface area contributed by atoms with Crippen LogP contribution in [0.15, 0.2) is 0 Å². The Bertz CT molecular complexity index is 442. The molecule has 0 aromatic carbocycles. The van der Waals surface area contributed by atoms with E-state index in [4.69, 9.17) is 0 Å². The highest BCUT2D eigenvalue weighted by atomic mass is 32.2. The van der Waals surface area contributed by atoms with Crippen LogP contribution in [0.3, 0.4) is 0 Å². The highest BCUT2D eigenvalue weighted by Crippen LogP contribution is 2.31. The number of carbonyl (C=O) groups is 2. The summed E-state index contributed by atoms with van der Waals surface area (Å²) in [6.07, 6.45) is 9.83. The van der Waals surface area contributed by atoms with Crippen LogP contribution in [0.25, 0.3) is 0 Å². The summed E-state index contributed by atoms with van der Waals surface area (Å²) < 4.78 is 0. The van der Waals surface area contributed by atoms with Gasteiger partial charge in [-0.3, -0.25) is 4.79 Å². The molecular weight excluding hydrogens is 310 g/mol. The van der Waals surface area contributed by atoms with Crippen LogP contribution in [0, 0.1) is 5.92 Å². The second kappa shape index (κ2) is 7.77. The quantitative estimate of drug-likeness (QED) is 0.858. The largest absolute Gasteiger partial charge is 0.341 e. The Hall–Kier alpha value is -0.910. The van der Waals surface area contributed by atoms with E-state index < -0.39 is 0 Å². The maximum Gasteiger partial charge on any atom is 0.317 e. The maximum absolute atomic E-state index is 12.5. The molecule has 0 radical (unpaired) electrons. The Morgan fingerprint density at radius 3 is 2.43 bits per heavy atom. The molecule has 5 nitrogen and oxygen atoms in total. The van der Waals surface area contributed by atoms with Crippen molar-refractivity contribution >= 4 is 23.7 Å². The van der Waals surface area contributed by atoms with Gasteiger partial charge >= 0.3 is 6.03 Å². The van der Waals surface area contributed by atoms with E-state index in [2.05, 4.69) is 11.6 Å². The highest BCUT2D eigenvalue weighted by molar-refractivity contribution is 7.99. The molecule has 1 aliphatic heterocycles. The Morgan fingerprint density at radius 1 is 0.957 bits per heavy atom. The van der Waals surface area contributed by atoms with Gasteiger partial charge in [-0.1, -0.05) is 6.42 Å². The molecule has 1 N–H and O–H groups in total. The van der Waals surface area contributed by atoms with E-state index in [1.54, 1.807) is 0 Å². The molecule has 2 saturated carbocycles. The van der Waals surface area contributed by atoms with Gasteiger partial charge in [0.1, 0.15) is 0 Å². The smallest absolute Gasteiger partial charge is 0.317 e. The summed E-state index contributed by atoms with van der Waals surface area (Å²) in [4.78, 5) is 28.6. The van der Waals surface area contributed by atoms with Crippen LogP contribution in [-0.4, -0.2) is 65.5 Å². The summed E-state index contributed by atoms with van der Waals surface area (Å²) in [6, 6.07) is 0.388. The lowest BCUT2D eigenvalue weighted by Gasteiger charge is -2.31. The van der Waals surface area contributed by atoms with Crippen LogP contribution in [0.2, 0.25) is 0 Å². The molecule has 3 amide bonds. The second-order valence-corrected chi connectivity index (χ2v) is 8.25. The molecule has 130 valence electrons. The molecule has 1 heterocycles. The fourth-order valence-corrected chi connectivity index (χ4v) is 4.51. The van der Waals surface area contributed by atoms with Crippen molar-refractivity contribution < 1.29 is 9.59 Å². The van der Waals surface area contributed by atoms with Crippen molar-refractivity contribution in [2.45, 2.75) is 56.2 Å². The molecule has 0 unspecified atom stereocenters. The lowest BCUT2D eigenvalue weighted by molar-refractivity contribution is -0.132. The lowest BCUT2D eigenvalue weighted by atomic mass is 9.95. The van der Waals surface area contributed by atoms with Gasteiger partial charge in [0.2, 0.25) is 5.91 Å². The molecule has 6 heteroatoms. The number of amides is 3. The van der Waals surface area contributed by atoms with Crippen LogP contribution >= 0.6 is 11.8 Å². The number of rotatable bonds is 3. The fraction of sp³-hybridized carbons (Fsp3) is 0.882. The minimum Gasteiger partial charge on any atom is -0.341 e. The minimum absolute atomic E-state index is 0.0671. The van der Waals surface area contributed by atoms with Gasteiger partial charge in [-0.15, -0.1) is 0 Å². The number of hydrogen-bond donors (Lipinski definition) is 1. The third kappa shape index (κ3) is 4.55. The molecule has 3 fully saturated rings. The van der Waals surface area contributed by atoms with Gasteiger partial charge in [0.05, 0.1) is 0 Å². The van der Waals surface area contributed by atoms with Gasteiger partial charge in [0, 0.05) is 43.4 Å². The molecule has 3 rings (SSSR count). The average molecular weight is 340 g/mol. The second-order valence-electron chi connectivity index (χ2n) is 7.11. The summed E-state index contributed by atoms with van der Waals surface area (Å²) in [6.45, 7) is 2.93. The van der Waals surface area contributed by atoms with Gasteiger partial charge in [-0.2, -0.15) is 11.8 Å². The molecule has 0 aromatic rings. The van der Waals surface area contributed by atoms with Gasteiger partial charge in [0.15, 0.2) is 0 Å².